The normalized spacial score (nSPS) is 12.2. The number of methoxy groups -OCH3 is 1. The number of benzene rings is 2. The summed E-state index contributed by atoms with van der Waals surface area (Å²) in [6.07, 6.45) is 2.71. The van der Waals surface area contributed by atoms with Gasteiger partial charge in [-0.2, -0.15) is 0 Å². The van der Waals surface area contributed by atoms with E-state index in [0.717, 1.165) is 40.5 Å². The van der Waals surface area contributed by atoms with Crippen molar-refractivity contribution >= 4 is 48.7 Å². The van der Waals surface area contributed by atoms with E-state index in [1.54, 1.807) is 13.2 Å². The molecule has 0 amide bonds. The average molecular weight is 505 g/mol. The molecular formula is C26H28N6O3S. The van der Waals surface area contributed by atoms with Crippen LogP contribution in [0.15, 0.2) is 59.6 Å². The molecule has 5 rings (SSSR count). The van der Waals surface area contributed by atoms with E-state index in [9.17, 15) is 8.42 Å². The van der Waals surface area contributed by atoms with Crippen LogP contribution in [0, 0.1) is 0 Å². The third kappa shape index (κ3) is 4.62. The number of hydrogen-bond acceptors (Lipinski definition) is 7. The summed E-state index contributed by atoms with van der Waals surface area (Å²) < 4.78 is 32.0. The quantitative estimate of drug-likeness (QED) is 0.293. The molecule has 186 valence electrons. The summed E-state index contributed by atoms with van der Waals surface area (Å²) in [6.45, 7) is 1.23. The van der Waals surface area contributed by atoms with Crippen LogP contribution in [-0.4, -0.2) is 41.7 Å². The molecular weight excluding hydrogens is 476 g/mol. The number of fused-ring (bicyclic) bond motifs is 4. The standard InChI is InChI=1S/C26H28N6O3S/c1-35-15-13-22-31-23-24(19-10-3-5-12-21(19)29-25(23)27)32(22)14-7-6-9-18-16-17-8-2-4-11-20(17)30-26(18)36(28,33)34/h2-5,8,10-12,16H,6-7,9,13-15H2,1H3,(H2,27,29)(H2,28,33,34). The van der Waals surface area contributed by atoms with E-state index in [1.165, 1.54) is 0 Å². The number of aromatic nitrogens is 4. The highest BCUT2D eigenvalue weighted by molar-refractivity contribution is 7.89. The Labute approximate surface area is 209 Å². The predicted octanol–water partition coefficient (Wildman–Crippen LogP) is 3.57. The summed E-state index contributed by atoms with van der Waals surface area (Å²) in [5.41, 5.74) is 9.98. The van der Waals surface area contributed by atoms with E-state index < -0.39 is 10.0 Å². The summed E-state index contributed by atoms with van der Waals surface area (Å²) in [5.74, 6) is 1.29. The molecule has 0 fully saturated rings. The second-order valence-corrected chi connectivity index (χ2v) is 10.3. The second kappa shape index (κ2) is 9.81. The first-order valence-corrected chi connectivity index (χ1v) is 13.3. The number of unbranched alkanes of at least 4 members (excludes halogenated alkanes) is 1. The minimum atomic E-state index is -3.94. The van der Waals surface area contributed by atoms with E-state index in [4.69, 9.17) is 20.6 Å². The van der Waals surface area contributed by atoms with Gasteiger partial charge in [0.2, 0.25) is 0 Å². The lowest BCUT2D eigenvalue weighted by atomic mass is 10.1. The lowest BCUT2D eigenvalue weighted by Crippen LogP contribution is -2.17. The Morgan fingerprint density at radius 1 is 0.944 bits per heavy atom. The van der Waals surface area contributed by atoms with Gasteiger partial charge in [0.15, 0.2) is 10.8 Å². The largest absolute Gasteiger partial charge is 0.384 e. The van der Waals surface area contributed by atoms with Crippen LogP contribution in [0.1, 0.15) is 24.2 Å². The van der Waals surface area contributed by atoms with Gasteiger partial charge in [-0.05, 0) is 43.0 Å². The summed E-state index contributed by atoms with van der Waals surface area (Å²) in [7, 11) is -2.28. The van der Waals surface area contributed by atoms with Crippen LogP contribution in [0.5, 0.6) is 0 Å². The molecule has 0 radical (unpaired) electrons. The molecule has 0 spiro atoms. The van der Waals surface area contributed by atoms with Crippen LogP contribution in [0.2, 0.25) is 0 Å². The van der Waals surface area contributed by atoms with Crippen LogP contribution < -0.4 is 10.9 Å². The minimum absolute atomic E-state index is 0.0556. The van der Waals surface area contributed by atoms with Gasteiger partial charge in [-0.3, -0.25) is 0 Å². The van der Waals surface area contributed by atoms with Crippen LogP contribution in [0.3, 0.4) is 0 Å². The van der Waals surface area contributed by atoms with Crippen molar-refractivity contribution in [1.82, 2.24) is 19.5 Å². The van der Waals surface area contributed by atoms with Gasteiger partial charge in [-0.1, -0.05) is 36.4 Å². The number of anilines is 1. The average Bonchev–Trinajstić information content (AvgIpc) is 3.23. The molecule has 0 aliphatic rings. The molecule has 36 heavy (non-hydrogen) atoms. The van der Waals surface area contributed by atoms with E-state index in [-0.39, 0.29) is 5.03 Å². The third-order valence-electron chi connectivity index (χ3n) is 6.33. The number of imidazole rings is 1. The predicted molar refractivity (Wildman–Crippen MR) is 141 cm³/mol. The zero-order valence-electron chi connectivity index (χ0n) is 20.0. The number of ether oxygens (including phenoxy) is 1. The zero-order chi connectivity index (χ0) is 25.3. The van der Waals surface area contributed by atoms with Gasteiger partial charge in [0.25, 0.3) is 10.0 Å². The Morgan fingerprint density at radius 3 is 2.47 bits per heavy atom. The van der Waals surface area contributed by atoms with Crippen molar-refractivity contribution < 1.29 is 13.2 Å². The fourth-order valence-electron chi connectivity index (χ4n) is 4.68. The van der Waals surface area contributed by atoms with Gasteiger partial charge in [-0.15, -0.1) is 0 Å². The maximum atomic E-state index is 12.2. The molecule has 0 saturated carbocycles. The number of nitrogen functional groups attached to an aromatic ring is 1. The molecule has 9 nitrogen and oxygen atoms in total. The number of primary sulfonamides is 1. The van der Waals surface area contributed by atoms with Gasteiger partial charge < -0.3 is 15.0 Å². The number of rotatable bonds is 9. The molecule has 3 heterocycles. The van der Waals surface area contributed by atoms with E-state index in [0.29, 0.717) is 48.4 Å². The molecule has 2 aromatic carbocycles. The first-order chi connectivity index (χ1) is 17.4. The lowest BCUT2D eigenvalue weighted by Gasteiger charge is -2.12. The van der Waals surface area contributed by atoms with Crippen LogP contribution in [0.4, 0.5) is 5.82 Å². The van der Waals surface area contributed by atoms with E-state index in [1.807, 2.05) is 48.5 Å². The smallest absolute Gasteiger partial charge is 0.255 e. The highest BCUT2D eigenvalue weighted by Gasteiger charge is 2.19. The Hall–Kier alpha value is -3.60. The molecule has 0 bridgehead atoms. The Morgan fingerprint density at radius 2 is 1.69 bits per heavy atom. The molecule has 3 aromatic heterocycles. The number of pyridine rings is 2. The topological polar surface area (TPSA) is 139 Å². The maximum Gasteiger partial charge on any atom is 0.255 e. The summed E-state index contributed by atoms with van der Waals surface area (Å²) in [6, 6.07) is 17.2. The third-order valence-corrected chi connectivity index (χ3v) is 7.22. The highest BCUT2D eigenvalue weighted by Crippen LogP contribution is 2.29. The molecule has 10 heteroatoms. The van der Waals surface area contributed by atoms with Gasteiger partial charge in [-0.25, -0.2) is 28.5 Å². The minimum Gasteiger partial charge on any atom is -0.384 e. The zero-order valence-corrected chi connectivity index (χ0v) is 20.8. The van der Waals surface area contributed by atoms with Crippen LogP contribution in [-0.2, 0) is 34.1 Å². The molecule has 0 saturated heterocycles. The molecule has 5 aromatic rings. The first-order valence-electron chi connectivity index (χ1n) is 11.8. The number of nitrogens with zero attached hydrogens (tertiary/aromatic N) is 4. The van der Waals surface area contributed by atoms with Crippen LogP contribution >= 0.6 is 0 Å². The number of aryl methyl sites for hydroxylation is 2. The molecule has 4 N–H and O–H groups in total. The Balaban J connectivity index is 1.45. The summed E-state index contributed by atoms with van der Waals surface area (Å²) in [4.78, 5) is 13.7. The van der Waals surface area contributed by atoms with E-state index in [2.05, 4.69) is 14.5 Å². The van der Waals surface area contributed by atoms with Gasteiger partial charge in [0, 0.05) is 30.8 Å². The summed E-state index contributed by atoms with van der Waals surface area (Å²) in [5, 5.41) is 7.32. The highest BCUT2D eigenvalue weighted by atomic mass is 32.2. The molecule has 0 atom stereocenters. The van der Waals surface area contributed by atoms with Crippen molar-refractivity contribution in [2.75, 3.05) is 19.5 Å². The van der Waals surface area contributed by atoms with E-state index >= 15 is 0 Å². The molecule has 0 unspecified atom stereocenters. The van der Waals surface area contributed by atoms with Crippen molar-refractivity contribution in [3.63, 3.8) is 0 Å². The number of nitrogens with two attached hydrogens (primary N) is 2. The Bertz CT molecular complexity index is 1680. The number of para-hydroxylation sites is 2. The molecule has 0 aliphatic carbocycles. The monoisotopic (exact) mass is 504 g/mol. The van der Waals surface area contributed by atoms with Crippen molar-refractivity contribution in [2.45, 2.75) is 37.3 Å². The maximum absolute atomic E-state index is 12.2. The Kier molecular flexibility index (Phi) is 6.57. The summed E-state index contributed by atoms with van der Waals surface area (Å²) >= 11 is 0. The van der Waals surface area contributed by atoms with Gasteiger partial charge in [0.1, 0.15) is 11.3 Å². The first kappa shape index (κ1) is 24.1. The van der Waals surface area contributed by atoms with Gasteiger partial charge >= 0.3 is 0 Å². The van der Waals surface area contributed by atoms with Crippen molar-refractivity contribution in [1.29, 1.82) is 0 Å². The van der Waals surface area contributed by atoms with Crippen molar-refractivity contribution in [3.05, 3.63) is 66.0 Å². The van der Waals surface area contributed by atoms with Crippen molar-refractivity contribution in [3.8, 4) is 0 Å². The van der Waals surface area contributed by atoms with Gasteiger partial charge in [0.05, 0.1) is 23.2 Å². The SMILES string of the molecule is COCCc1nc2c(N)nc3ccccc3c2n1CCCCc1cc2ccccc2nc1S(N)(=O)=O. The second-order valence-electron chi connectivity index (χ2n) is 8.78. The fourth-order valence-corrected chi connectivity index (χ4v) is 5.43. The van der Waals surface area contributed by atoms with Crippen LogP contribution in [0.25, 0.3) is 32.8 Å². The molecule has 0 aliphatic heterocycles. The number of sulfonamides is 1. The number of hydrogen-bond donors (Lipinski definition) is 2. The lowest BCUT2D eigenvalue weighted by molar-refractivity contribution is 0.199. The van der Waals surface area contributed by atoms with Crippen molar-refractivity contribution in [2.24, 2.45) is 5.14 Å². The fraction of sp³-hybridized carbons (Fsp3) is 0.269.